The molecule has 6 heterocycles. The van der Waals surface area contributed by atoms with Crippen LogP contribution in [0.3, 0.4) is 0 Å². The van der Waals surface area contributed by atoms with Crippen molar-refractivity contribution >= 4 is 24.1 Å². The minimum absolute atomic E-state index is 0.123. The van der Waals surface area contributed by atoms with Gasteiger partial charge in [0.1, 0.15) is 45.7 Å². The van der Waals surface area contributed by atoms with E-state index in [-0.39, 0.29) is 12.1 Å². The molecule has 56 heavy (non-hydrogen) atoms. The van der Waals surface area contributed by atoms with Crippen LogP contribution in [0, 0.1) is 0 Å². The number of nitrogens with zero attached hydrogens (tertiary/aromatic N) is 4. The van der Waals surface area contributed by atoms with Crippen LogP contribution in [0.15, 0.2) is 72.1 Å². The number of imidazole rings is 2. The van der Waals surface area contributed by atoms with Crippen LogP contribution in [0.4, 0.5) is 9.59 Å². The van der Waals surface area contributed by atoms with Crippen molar-refractivity contribution in [2.75, 3.05) is 13.1 Å². The number of hydrogen-bond acceptors (Lipinski definition) is 8. The second-order valence-corrected chi connectivity index (χ2v) is 16.2. The van der Waals surface area contributed by atoms with Crippen molar-refractivity contribution in [1.82, 2.24) is 40.4 Å². The van der Waals surface area contributed by atoms with Crippen LogP contribution >= 0.6 is 0 Å². The summed E-state index contributed by atoms with van der Waals surface area (Å²) >= 11 is 0. The van der Waals surface area contributed by atoms with Gasteiger partial charge in [-0.05, 0) is 86.5 Å². The van der Waals surface area contributed by atoms with Gasteiger partial charge in [0.05, 0.1) is 23.5 Å². The number of carboxylic acid groups (broad SMARTS) is 2. The van der Waals surface area contributed by atoms with Crippen molar-refractivity contribution in [3.8, 4) is 11.1 Å². The van der Waals surface area contributed by atoms with Crippen LogP contribution in [-0.4, -0.2) is 88.4 Å². The molecule has 6 aliphatic rings. The highest BCUT2D eigenvalue weighted by Crippen LogP contribution is 2.61. The van der Waals surface area contributed by atoms with Gasteiger partial charge in [0.2, 0.25) is 0 Å². The van der Waals surface area contributed by atoms with E-state index >= 15 is 0 Å². The molecular weight excluding hydrogens is 713 g/mol. The van der Waals surface area contributed by atoms with Gasteiger partial charge in [-0.3, -0.25) is 9.80 Å². The zero-order valence-electron chi connectivity index (χ0n) is 30.7. The highest BCUT2D eigenvalue weighted by atomic mass is 16.4. The lowest BCUT2D eigenvalue weighted by atomic mass is 9.57. The number of aromatic amines is 2. The van der Waals surface area contributed by atoms with Crippen LogP contribution < -0.4 is 10.6 Å². The molecule has 10 rings (SSSR count). The third-order valence-corrected chi connectivity index (χ3v) is 14.0. The smallest absolute Gasteiger partial charge is 0.406 e. The van der Waals surface area contributed by atoms with Gasteiger partial charge >= 0.3 is 12.2 Å². The van der Waals surface area contributed by atoms with Crippen LogP contribution in [0.2, 0.25) is 0 Å². The van der Waals surface area contributed by atoms with Gasteiger partial charge in [-0.2, -0.15) is 0 Å². The average Bonchev–Trinajstić information content (AvgIpc) is 4.03. The van der Waals surface area contributed by atoms with Crippen molar-refractivity contribution in [3.05, 3.63) is 106 Å². The molecule has 2 aliphatic carbocycles. The summed E-state index contributed by atoms with van der Waals surface area (Å²) in [6.07, 6.45) is 7.78. The zero-order valence-corrected chi connectivity index (χ0v) is 30.7. The number of fused-ring (bicyclic) bond motifs is 14. The molecule has 14 heteroatoms. The van der Waals surface area contributed by atoms with Gasteiger partial charge in [0, 0.05) is 36.6 Å². The molecule has 6 atom stereocenters. The highest BCUT2D eigenvalue weighted by Gasteiger charge is 2.67. The van der Waals surface area contributed by atoms with Gasteiger partial charge in [-0.15, -0.1) is 0 Å². The zero-order chi connectivity index (χ0) is 38.5. The summed E-state index contributed by atoms with van der Waals surface area (Å²) in [5, 5.41) is 26.7. The molecule has 14 nitrogen and oxygen atoms in total. The van der Waals surface area contributed by atoms with Crippen molar-refractivity contribution < 1.29 is 29.4 Å². The lowest BCUT2D eigenvalue weighted by molar-refractivity contribution is -0.0171. The molecule has 4 unspecified atom stereocenters. The Morgan fingerprint density at radius 2 is 1.07 bits per heavy atom. The molecule has 2 aromatic carbocycles. The Morgan fingerprint density at radius 1 is 0.661 bits per heavy atom. The van der Waals surface area contributed by atoms with E-state index in [0.717, 1.165) is 59.6 Å². The summed E-state index contributed by atoms with van der Waals surface area (Å²) in [4.78, 5) is 72.3. The number of H-pyrrole nitrogens is 2. The third-order valence-electron chi connectivity index (χ3n) is 14.0. The summed E-state index contributed by atoms with van der Waals surface area (Å²) in [7, 11) is 0. The van der Waals surface area contributed by atoms with Crippen LogP contribution in [-0.2, 0) is 20.4 Å². The SMILES string of the molecule is O=C=C1CCCC2(NC(=O)O)N3CCCC3c3ncc([nH]3)C12c1ccc(-c2ccc([C@]34C(=C=O)CCC[C@@]3(NC(=O)O)N3CCCC3c3ncc4[nH]3)cc2)cc1. The van der Waals surface area contributed by atoms with E-state index in [1.54, 1.807) is 12.4 Å². The van der Waals surface area contributed by atoms with E-state index in [2.05, 4.69) is 42.3 Å². The van der Waals surface area contributed by atoms with E-state index in [0.29, 0.717) is 74.1 Å². The number of aromatic nitrogens is 4. The first-order valence-electron chi connectivity index (χ1n) is 19.6. The normalized spacial score (nSPS) is 31.8. The summed E-state index contributed by atoms with van der Waals surface area (Å²) in [5.41, 5.74) is 0.864. The maximum Gasteiger partial charge on any atom is 0.406 e. The molecule has 286 valence electrons. The first-order valence-corrected chi connectivity index (χ1v) is 19.6. The van der Waals surface area contributed by atoms with Gasteiger partial charge in [0.25, 0.3) is 0 Å². The standard InChI is InChI=1S/C42H42N8O6/c51-23-29-5-1-17-39(47-37(53)54)41(29,33-21-43-35(45-33)31-7-3-19-49(31)39)27-13-9-25(10-14-27)26-11-15-28(16-12-26)42-30(24-52)6-2-18-40(42,48-38(55)56)50-20-4-8-32(50)36-44-22-34(42)46-36/h9-16,21-22,31-32,47-48H,1-8,17-20H2,(H,43,45)(H,44,46)(H,53,54)(H,55,56)/t31?,32?,39-,40?,41-,42?/m1/s1. The molecular formula is C42H42N8O6. The molecule has 0 spiro atoms. The van der Waals surface area contributed by atoms with E-state index in [9.17, 15) is 29.4 Å². The monoisotopic (exact) mass is 754 g/mol. The molecule has 6 N–H and O–H groups in total. The fraction of sp³-hybridized carbons (Fsp3) is 0.429. The predicted molar refractivity (Wildman–Crippen MR) is 202 cm³/mol. The Balaban J connectivity index is 1.10. The predicted octanol–water partition coefficient (Wildman–Crippen LogP) is 5.48. The van der Waals surface area contributed by atoms with Gasteiger partial charge in [-0.1, -0.05) is 48.5 Å². The first kappa shape index (κ1) is 34.7. The topological polar surface area (TPSA) is 197 Å². The van der Waals surface area contributed by atoms with E-state index in [1.807, 2.05) is 48.5 Å². The largest absolute Gasteiger partial charge is 0.465 e. The summed E-state index contributed by atoms with van der Waals surface area (Å²) in [6, 6.07) is 15.6. The number of carbonyl (C=O) groups is 2. The number of carbonyl (C=O) groups excluding carboxylic acids is 2. The molecule has 2 aromatic heterocycles. The first-order chi connectivity index (χ1) is 27.2. The third kappa shape index (κ3) is 4.29. The average molecular weight is 755 g/mol. The molecule has 2 saturated carbocycles. The lowest BCUT2D eigenvalue weighted by Crippen LogP contribution is -2.72. The molecule has 4 aliphatic heterocycles. The molecule has 4 bridgehead atoms. The fourth-order valence-corrected chi connectivity index (χ4v) is 12.2. The molecule has 4 aromatic rings. The van der Waals surface area contributed by atoms with Crippen LogP contribution in [0.25, 0.3) is 11.1 Å². The number of hydrogen-bond donors (Lipinski definition) is 6. The van der Waals surface area contributed by atoms with Crippen molar-refractivity contribution in [1.29, 1.82) is 0 Å². The maximum atomic E-state index is 13.0. The highest BCUT2D eigenvalue weighted by molar-refractivity contribution is 5.75. The van der Waals surface area contributed by atoms with Crippen LogP contribution in [0.1, 0.15) is 110 Å². The Morgan fingerprint density at radius 3 is 1.45 bits per heavy atom. The minimum Gasteiger partial charge on any atom is -0.465 e. The van der Waals surface area contributed by atoms with E-state index < -0.39 is 34.3 Å². The Labute approximate surface area is 322 Å². The van der Waals surface area contributed by atoms with Crippen molar-refractivity contribution in [3.63, 3.8) is 0 Å². The lowest BCUT2D eigenvalue weighted by Gasteiger charge is -2.57. The summed E-state index contributed by atoms with van der Waals surface area (Å²) < 4.78 is 0. The second-order valence-electron chi connectivity index (χ2n) is 16.2. The number of amides is 2. The Hall–Kier alpha value is -5.78. The second kappa shape index (κ2) is 12.4. The fourth-order valence-electron chi connectivity index (χ4n) is 12.2. The number of rotatable bonds is 5. The van der Waals surface area contributed by atoms with Gasteiger partial charge in [0.15, 0.2) is 0 Å². The minimum atomic E-state index is -1.20. The van der Waals surface area contributed by atoms with E-state index in [4.69, 9.17) is 9.97 Å². The van der Waals surface area contributed by atoms with E-state index in [1.165, 1.54) is 0 Å². The van der Waals surface area contributed by atoms with Gasteiger partial charge < -0.3 is 30.8 Å². The molecule has 2 saturated heterocycles. The van der Waals surface area contributed by atoms with Crippen molar-refractivity contribution in [2.45, 2.75) is 98.4 Å². The Bertz CT molecular complexity index is 2210. The van der Waals surface area contributed by atoms with Crippen molar-refractivity contribution in [2.24, 2.45) is 0 Å². The van der Waals surface area contributed by atoms with Crippen LogP contribution in [0.5, 0.6) is 0 Å². The van der Waals surface area contributed by atoms with Gasteiger partial charge in [-0.25, -0.2) is 29.1 Å². The maximum absolute atomic E-state index is 13.0. The Kier molecular flexibility index (Phi) is 7.66. The summed E-state index contributed by atoms with van der Waals surface area (Å²) in [6.45, 7) is 1.31. The quantitative estimate of drug-likeness (QED) is 0.142. The summed E-state index contributed by atoms with van der Waals surface area (Å²) in [5.74, 6) is 6.09. The molecule has 0 radical (unpaired) electrons. The number of benzene rings is 2. The molecule has 4 fully saturated rings. The molecule has 2 amide bonds. The number of nitrogens with one attached hydrogen (secondary N) is 4.